The largest absolute Gasteiger partial charge is 0.337 e. The fraction of sp³-hybridized carbons (Fsp3) is 0.440. The van der Waals surface area contributed by atoms with Gasteiger partial charge in [-0.2, -0.15) is 0 Å². The van der Waals surface area contributed by atoms with Gasteiger partial charge in [0.1, 0.15) is 5.82 Å². The Morgan fingerprint density at radius 1 is 0.968 bits per heavy atom. The summed E-state index contributed by atoms with van der Waals surface area (Å²) in [5.74, 6) is -0.245. The van der Waals surface area contributed by atoms with E-state index in [1.165, 1.54) is 12.1 Å². The molecular weight excluding hydrogens is 393 g/mol. The molecule has 0 N–H and O–H groups in total. The van der Waals surface area contributed by atoms with Crippen molar-refractivity contribution in [3.05, 3.63) is 71.5 Å². The van der Waals surface area contributed by atoms with Crippen molar-refractivity contribution < 1.29 is 14.0 Å². The molecule has 0 aliphatic carbocycles. The monoisotopic (exact) mass is 425 g/mol. The summed E-state index contributed by atoms with van der Waals surface area (Å²) < 4.78 is 13.6. The van der Waals surface area contributed by atoms with Gasteiger partial charge in [0, 0.05) is 43.8 Å². The molecule has 1 saturated heterocycles. The second kappa shape index (κ2) is 10.1. The van der Waals surface area contributed by atoms with Crippen LogP contribution < -0.4 is 0 Å². The fourth-order valence-electron chi connectivity index (χ4n) is 3.89. The maximum atomic E-state index is 13.6. The molecule has 1 aliphatic heterocycles. The van der Waals surface area contributed by atoms with Crippen molar-refractivity contribution in [1.29, 1.82) is 0 Å². The van der Waals surface area contributed by atoms with Crippen LogP contribution in [0.4, 0.5) is 4.39 Å². The molecule has 2 amide bonds. The SMILES string of the molecule is CC(C)(C)N(Cc1cccc(F)c1)C(=O)CN1CCCN(C(=O)c2ccccc2)CC1. The van der Waals surface area contributed by atoms with Crippen LogP contribution in [0.15, 0.2) is 54.6 Å². The number of halogens is 1. The van der Waals surface area contributed by atoms with Crippen LogP contribution in [0.5, 0.6) is 0 Å². The van der Waals surface area contributed by atoms with Crippen molar-refractivity contribution in [2.24, 2.45) is 0 Å². The first-order chi connectivity index (χ1) is 14.7. The molecule has 2 aromatic carbocycles. The van der Waals surface area contributed by atoms with Crippen LogP contribution in [-0.2, 0) is 11.3 Å². The van der Waals surface area contributed by atoms with Crippen molar-refractivity contribution in [1.82, 2.24) is 14.7 Å². The van der Waals surface area contributed by atoms with Crippen LogP contribution in [0.25, 0.3) is 0 Å². The number of benzene rings is 2. The first kappa shape index (κ1) is 22.9. The van der Waals surface area contributed by atoms with Gasteiger partial charge < -0.3 is 9.80 Å². The molecular formula is C25H32FN3O2. The van der Waals surface area contributed by atoms with Gasteiger partial charge in [-0.25, -0.2) is 4.39 Å². The Morgan fingerprint density at radius 2 is 1.71 bits per heavy atom. The predicted octanol–water partition coefficient (Wildman–Crippen LogP) is 3.80. The van der Waals surface area contributed by atoms with E-state index in [9.17, 15) is 14.0 Å². The second-order valence-corrected chi connectivity index (χ2v) is 9.07. The Labute approximate surface area is 184 Å². The maximum absolute atomic E-state index is 13.6. The van der Waals surface area contributed by atoms with E-state index in [2.05, 4.69) is 4.90 Å². The van der Waals surface area contributed by atoms with Crippen LogP contribution in [0.1, 0.15) is 43.1 Å². The van der Waals surface area contributed by atoms with Crippen LogP contribution >= 0.6 is 0 Å². The molecule has 5 nitrogen and oxygen atoms in total. The van der Waals surface area contributed by atoms with Gasteiger partial charge in [-0.1, -0.05) is 30.3 Å². The van der Waals surface area contributed by atoms with Crippen molar-refractivity contribution in [2.45, 2.75) is 39.3 Å². The number of hydrogen-bond donors (Lipinski definition) is 0. The lowest BCUT2D eigenvalue weighted by Gasteiger charge is -2.37. The number of amides is 2. The molecule has 0 aromatic heterocycles. The van der Waals surface area contributed by atoms with Gasteiger partial charge in [-0.15, -0.1) is 0 Å². The summed E-state index contributed by atoms with van der Waals surface area (Å²) in [4.78, 5) is 31.8. The lowest BCUT2D eigenvalue weighted by Crippen LogP contribution is -2.49. The number of hydrogen-bond acceptors (Lipinski definition) is 3. The zero-order valence-corrected chi connectivity index (χ0v) is 18.7. The Morgan fingerprint density at radius 3 is 2.39 bits per heavy atom. The Balaban J connectivity index is 1.62. The van der Waals surface area contributed by atoms with Crippen LogP contribution in [-0.4, -0.2) is 64.8 Å². The Hall–Kier alpha value is -2.73. The fourth-order valence-corrected chi connectivity index (χ4v) is 3.89. The number of carbonyl (C=O) groups is 2. The quantitative estimate of drug-likeness (QED) is 0.732. The van der Waals surface area contributed by atoms with Gasteiger partial charge in [-0.3, -0.25) is 14.5 Å². The summed E-state index contributed by atoms with van der Waals surface area (Å²) in [6.45, 7) is 9.34. The van der Waals surface area contributed by atoms with Gasteiger partial charge in [0.25, 0.3) is 5.91 Å². The molecule has 0 atom stereocenters. The molecule has 0 bridgehead atoms. The lowest BCUT2D eigenvalue weighted by atomic mass is 10.0. The van der Waals surface area contributed by atoms with Crippen LogP contribution in [0, 0.1) is 5.82 Å². The van der Waals surface area contributed by atoms with Crippen molar-refractivity contribution in [3.63, 3.8) is 0 Å². The van der Waals surface area contributed by atoms with Crippen LogP contribution in [0.3, 0.4) is 0 Å². The maximum Gasteiger partial charge on any atom is 0.253 e. The summed E-state index contributed by atoms with van der Waals surface area (Å²) in [7, 11) is 0. The zero-order valence-electron chi connectivity index (χ0n) is 18.7. The zero-order chi connectivity index (χ0) is 22.4. The molecule has 166 valence electrons. The number of rotatable bonds is 5. The number of nitrogens with zero attached hydrogens (tertiary/aromatic N) is 3. The van der Waals surface area contributed by atoms with Crippen LogP contribution in [0.2, 0.25) is 0 Å². The highest BCUT2D eigenvalue weighted by Crippen LogP contribution is 2.19. The van der Waals surface area contributed by atoms with Gasteiger partial charge in [0.15, 0.2) is 0 Å². The van der Waals surface area contributed by atoms with E-state index in [4.69, 9.17) is 0 Å². The standard InChI is InChI=1S/C25H32FN3O2/c1-25(2,3)29(18-20-9-7-12-22(26)17-20)23(30)19-27-13-8-14-28(16-15-27)24(31)21-10-5-4-6-11-21/h4-7,9-12,17H,8,13-16,18-19H2,1-3H3. The van der Waals surface area contributed by atoms with Gasteiger partial charge in [0.05, 0.1) is 6.54 Å². The first-order valence-electron chi connectivity index (χ1n) is 10.9. The summed E-state index contributed by atoms with van der Waals surface area (Å²) in [6.07, 6.45) is 0.825. The summed E-state index contributed by atoms with van der Waals surface area (Å²) in [5, 5.41) is 0. The van der Waals surface area contributed by atoms with Gasteiger partial charge >= 0.3 is 0 Å². The van der Waals surface area contributed by atoms with E-state index < -0.39 is 0 Å². The van der Waals surface area contributed by atoms with Gasteiger partial charge in [-0.05, 0) is 57.0 Å². The molecule has 1 aliphatic rings. The normalized spacial score (nSPS) is 15.4. The smallest absolute Gasteiger partial charge is 0.253 e. The minimum atomic E-state index is -0.384. The third-order valence-corrected chi connectivity index (χ3v) is 5.60. The minimum Gasteiger partial charge on any atom is -0.337 e. The molecule has 2 aromatic rings. The molecule has 6 heteroatoms. The predicted molar refractivity (Wildman–Crippen MR) is 120 cm³/mol. The molecule has 0 saturated carbocycles. The summed E-state index contributed by atoms with van der Waals surface area (Å²) >= 11 is 0. The van der Waals surface area contributed by atoms with E-state index in [0.29, 0.717) is 38.3 Å². The van der Waals surface area contributed by atoms with Crippen molar-refractivity contribution >= 4 is 11.8 Å². The topological polar surface area (TPSA) is 43.9 Å². The van der Waals surface area contributed by atoms with E-state index in [1.54, 1.807) is 11.0 Å². The van der Waals surface area contributed by atoms with E-state index in [1.807, 2.05) is 62.1 Å². The van der Waals surface area contributed by atoms with E-state index in [0.717, 1.165) is 18.5 Å². The molecule has 1 fully saturated rings. The highest BCUT2D eigenvalue weighted by atomic mass is 19.1. The molecule has 1 heterocycles. The second-order valence-electron chi connectivity index (χ2n) is 9.07. The van der Waals surface area contributed by atoms with E-state index in [-0.39, 0.29) is 23.2 Å². The van der Waals surface area contributed by atoms with Crippen molar-refractivity contribution in [2.75, 3.05) is 32.7 Å². The van der Waals surface area contributed by atoms with Gasteiger partial charge in [0.2, 0.25) is 5.91 Å². The van der Waals surface area contributed by atoms with E-state index >= 15 is 0 Å². The first-order valence-corrected chi connectivity index (χ1v) is 10.9. The summed E-state index contributed by atoms with van der Waals surface area (Å²) in [5.41, 5.74) is 1.09. The highest BCUT2D eigenvalue weighted by Gasteiger charge is 2.29. The molecule has 3 rings (SSSR count). The Kier molecular flexibility index (Phi) is 7.44. The summed E-state index contributed by atoms with van der Waals surface area (Å²) in [6, 6.07) is 15.7. The highest BCUT2D eigenvalue weighted by molar-refractivity contribution is 5.94. The molecule has 31 heavy (non-hydrogen) atoms. The third kappa shape index (κ3) is 6.37. The lowest BCUT2D eigenvalue weighted by molar-refractivity contribution is -0.138. The van der Waals surface area contributed by atoms with Crippen molar-refractivity contribution in [3.8, 4) is 0 Å². The number of carbonyl (C=O) groups excluding carboxylic acids is 2. The average molecular weight is 426 g/mol. The molecule has 0 unspecified atom stereocenters. The minimum absolute atomic E-state index is 0.0135. The third-order valence-electron chi connectivity index (χ3n) is 5.60. The molecule has 0 spiro atoms. The molecule has 0 radical (unpaired) electrons. The Bertz CT molecular complexity index is 895. The average Bonchev–Trinajstić information content (AvgIpc) is 2.97.